The minimum atomic E-state index is -4.37. The van der Waals surface area contributed by atoms with Crippen molar-refractivity contribution in [3.63, 3.8) is 0 Å². The number of aromatic nitrogens is 2. The lowest BCUT2D eigenvalue weighted by atomic mass is 10.0. The van der Waals surface area contributed by atoms with E-state index in [-0.39, 0.29) is 12.0 Å². The molecule has 3 aromatic rings. The van der Waals surface area contributed by atoms with Crippen molar-refractivity contribution < 1.29 is 18.0 Å². The fourth-order valence-corrected chi connectivity index (χ4v) is 2.47. The van der Waals surface area contributed by atoms with Gasteiger partial charge in [0.2, 0.25) is 0 Å². The summed E-state index contributed by atoms with van der Waals surface area (Å²) in [7, 11) is 0. The van der Waals surface area contributed by atoms with E-state index in [1.807, 2.05) is 6.07 Å². The van der Waals surface area contributed by atoms with Crippen LogP contribution in [0.3, 0.4) is 0 Å². The Morgan fingerprint density at radius 2 is 1.96 bits per heavy atom. The van der Waals surface area contributed by atoms with Gasteiger partial charge in [-0.05, 0) is 42.3 Å². The molecule has 0 atom stereocenters. The number of nitrogens with zero attached hydrogens (tertiary/aromatic N) is 2. The summed E-state index contributed by atoms with van der Waals surface area (Å²) in [6.45, 7) is 1.67. The number of pyridine rings is 2. The first kappa shape index (κ1) is 17.6. The molecule has 0 saturated heterocycles. The number of aryl methyl sites for hydroxylation is 1. The highest BCUT2D eigenvalue weighted by molar-refractivity contribution is 6.05. The molecule has 0 unspecified atom stereocenters. The van der Waals surface area contributed by atoms with Gasteiger partial charge in [-0.1, -0.05) is 18.2 Å². The molecule has 0 radical (unpaired) electrons. The van der Waals surface area contributed by atoms with Gasteiger partial charge in [0, 0.05) is 23.2 Å². The molecular weight excluding hydrogens is 343 g/mol. The van der Waals surface area contributed by atoms with E-state index in [1.54, 1.807) is 25.3 Å². The SMILES string of the molecule is Cc1cc(/C=C/C(F)(F)F)ccc1C(=O)Nc1cnc2ncccc2c1. The van der Waals surface area contributed by atoms with Crippen LogP contribution in [0.15, 0.2) is 54.9 Å². The maximum atomic E-state index is 12.4. The monoisotopic (exact) mass is 357 g/mol. The quantitative estimate of drug-likeness (QED) is 0.735. The molecule has 4 nitrogen and oxygen atoms in total. The van der Waals surface area contributed by atoms with Gasteiger partial charge in [-0.3, -0.25) is 4.79 Å². The molecule has 3 rings (SSSR count). The highest BCUT2D eigenvalue weighted by Crippen LogP contribution is 2.20. The van der Waals surface area contributed by atoms with Crippen molar-refractivity contribution in [3.8, 4) is 0 Å². The lowest BCUT2D eigenvalue weighted by molar-refractivity contribution is -0.0790. The van der Waals surface area contributed by atoms with Gasteiger partial charge >= 0.3 is 6.18 Å². The predicted octanol–water partition coefficient (Wildman–Crippen LogP) is 4.77. The van der Waals surface area contributed by atoms with Gasteiger partial charge < -0.3 is 5.32 Å². The number of fused-ring (bicyclic) bond motifs is 1. The molecule has 7 heteroatoms. The van der Waals surface area contributed by atoms with Crippen LogP contribution in [0.25, 0.3) is 17.1 Å². The Bertz CT molecular complexity index is 997. The fourth-order valence-electron chi connectivity index (χ4n) is 2.47. The van der Waals surface area contributed by atoms with Crippen LogP contribution < -0.4 is 5.32 Å². The van der Waals surface area contributed by atoms with E-state index in [0.717, 1.165) is 11.5 Å². The Morgan fingerprint density at radius 1 is 1.15 bits per heavy atom. The van der Waals surface area contributed by atoms with Crippen molar-refractivity contribution >= 4 is 28.7 Å². The number of anilines is 1. The maximum Gasteiger partial charge on any atom is 0.409 e. The van der Waals surface area contributed by atoms with E-state index in [0.29, 0.717) is 28.0 Å². The van der Waals surface area contributed by atoms with Crippen LogP contribution in [0.4, 0.5) is 18.9 Å². The predicted molar refractivity (Wildman–Crippen MR) is 93.8 cm³/mol. The Balaban J connectivity index is 1.79. The zero-order chi connectivity index (χ0) is 18.7. The highest BCUT2D eigenvalue weighted by Gasteiger charge is 2.21. The Kier molecular flexibility index (Phi) is 4.71. The van der Waals surface area contributed by atoms with Crippen molar-refractivity contribution in [2.75, 3.05) is 5.32 Å². The largest absolute Gasteiger partial charge is 0.409 e. The molecular formula is C19H14F3N3O. The van der Waals surface area contributed by atoms with Crippen molar-refractivity contribution in [1.82, 2.24) is 9.97 Å². The van der Waals surface area contributed by atoms with Crippen LogP contribution in [0.1, 0.15) is 21.5 Å². The summed E-state index contributed by atoms with van der Waals surface area (Å²) in [5.74, 6) is -0.362. The molecule has 26 heavy (non-hydrogen) atoms. The standard InChI is InChI=1S/C19H14F3N3O/c1-12-9-13(6-7-19(20,21)22)4-5-16(12)18(26)25-15-10-14-3-2-8-23-17(14)24-11-15/h2-11H,1H3,(H,25,26)/b7-6+. The Hall–Kier alpha value is -3.22. The average molecular weight is 357 g/mol. The van der Waals surface area contributed by atoms with Crippen molar-refractivity contribution in [2.24, 2.45) is 0 Å². The van der Waals surface area contributed by atoms with Crippen molar-refractivity contribution in [1.29, 1.82) is 0 Å². The van der Waals surface area contributed by atoms with E-state index in [9.17, 15) is 18.0 Å². The van der Waals surface area contributed by atoms with Crippen LogP contribution >= 0.6 is 0 Å². The fraction of sp³-hybridized carbons (Fsp3) is 0.105. The molecule has 0 spiro atoms. The Labute approximate surface area is 147 Å². The van der Waals surface area contributed by atoms with Gasteiger partial charge in [-0.15, -0.1) is 0 Å². The maximum absolute atomic E-state index is 12.4. The first-order valence-corrected chi connectivity index (χ1v) is 7.70. The lowest BCUT2D eigenvalue weighted by Crippen LogP contribution is -2.13. The smallest absolute Gasteiger partial charge is 0.321 e. The van der Waals surface area contributed by atoms with Crippen LogP contribution in [0.5, 0.6) is 0 Å². The number of allylic oxidation sites excluding steroid dienone is 1. The zero-order valence-corrected chi connectivity index (χ0v) is 13.7. The third-order valence-electron chi connectivity index (χ3n) is 3.67. The molecule has 0 fully saturated rings. The number of benzene rings is 1. The molecule has 2 heterocycles. The average Bonchev–Trinajstić information content (AvgIpc) is 2.59. The van der Waals surface area contributed by atoms with E-state index >= 15 is 0 Å². The summed E-state index contributed by atoms with van der Waals surface area (Å²) in [4.78, 5) is 20.7. The molecule has 0 saturated carbocycles. The second-order valence-corrected chi connectivity index (χ2v) is 5.68. The van der Waals surface area contributed by atoms with E-state index < -0.39 is 6.18 Å². The first-order chi connectivity index (χ1) is 12.3. The highest BCUT2D eigenvalue weighted by atomic mass is 19.4. The molecule has 1 amide bonds. The van der Waals surface area contributed by atoms with Crippen molar-refractivity contribution in [3.05, 3.63) is 71.6 Å². The van der Waals surface area contributed by atoms with E-state index in [4.69, 9.17) is 0 Å². The first-order valence-electron chi connectivity index (χ1n) is 7.70. The minimum absolute atomic E-state index is 0.163. The number of halogens is 3. The van der Waals surface area contributed by atoms with Crippen molar-refractivity contribution in [2.45, 2.75) is 13.1 Å². The van der Waals surface area contributed by atoms with Gasteiger partial charge in [0.1, 0.15) is 0 Å². The molecule has 2 aromatic heterocycles. The lowest BCUT2D eigenvalue weighted by Gasteiger charge is -2.09. The number of rotatable bonds is 3. The van der Waals surface area contributed by atoms with Crippen LogP contribution in [-0.2, 0) is 0 Å². The number of amides is 1. The molecule has 132 valence electrons. The molecule has 0 bridgehead atoms. The molecule has 1 N–H and O–H groups in total. The number of hydrogen-bond acceptors (Lipinski definition) is 3. The minimum Gasteiger partial charge on any atom is -0.321 e. The molecule has 0 aliphatic heterocycles. The summed E-state index contributed by atoms with van der Waals surface area (Å²) in [6, 6.07) is 9.84. The number of carbonyl (C=O) groups excluding carboxylic acids is 1. The van der Waals surface area contributed by atoms with Crippen LogP contribution in [0, 0.1) is 6.92 Å². The number of alkyl halides is 3. The summed E-state index contributed by atoms with van der Waals surface area (Å²) >= 11 is 0. The van der Waals surface area contributed by atoms with Gasteiger partial charge in [-0.25, -0.2) is 9.97 Å². The van der Waals surface area contributed by atoms with Gasteiger partial charge in [0.15, 0.2) is 5.65 Å². The summed E-state index contributed by atoms with van der Waals surface area (Å²) < 4.78 is 36.7. The van der Waals surface area contributed by atoms with Gasteiger partial charge in [0.05, 0.1) is 11.9 Å². The van der Waals surface area contributed by atoms with Crippen LogP contribution in [0.2, 0.25) is 0 Å². The molecule has 0 aliphatic carbocycles. The second kappa shape index (κ2) is 6.95. The Morgan fingerprint density at radius 3 is 2.69 bits per heavy atom. The number of hydrogen-bond donors (Lipinski definition) is 1. The van der Waals surface area contributed by atoms with E-state index in [2.05, 4.69) is 15.3 Å². The summed E-state index contributed by atoms with van der Waals surface area (Å²) in [5, 5.41) is 3.53. The van der Waals surface area contributed by atoms with Gasteiger partial charge in [-0.2, -0.15) is 13.2 Å². The van der Waals surface area contributed by atoms with Crippen LogP contribution in [-0.4, -0.2) is 22.1 Å². The molecule has 1 aromatic carbocycles. The normalized spacial score (nSPS) is 11.8. The molecule has 0 aliphatic rings. The zero-order valence-electron chi connectivity index (χ0n) is 13.7. The van der Waals surface area contributed by atoms with E-state index in [1.165, 1.54) is 24.4 Å². The third kappa shape index (κ3) is 4.24. The van der Waals surface area contributed by atoms with Gasteiger partial charge in [0.25, 0.3) is 5.91 Å². The number of nitrogens with one attached hydrogen (secondary N) is 1. The topological polar surface area (TPSA) is 54.9 Å². The summed E-state index contributed by atoms with van der Waals surface area (Å²) in [5.41, 5.74) is 2.40. The summed E-state index contributed by atoms with van der Waals surface area (Å²) in [6.07, 6.45) is -0.109. The second-order valence-electron chi connectivity index (χ2n) is 5.68. The number of carbonyl (C=O) groups is 1. The third-order valence-corrected chi connectivity index (χ3v) is 3.67.